The molecule has 24 heavy (non-hydrogen) atoms. The molecule has 8 heteroatoms. The fourth-order valence-corrected chi connectivity index (χ4v) is 2.65. The van der Waals surface area contributed by atoms with Gasteiger partial charge >= 0.3 is 6.61 Å². The van der Waals surface area contributed by atoms with Gasteiger partial charge in [-0.25, -0.2) is 0 Å². The van der Waals surface area contributed by atoms with E-state index in [1.54, 1.807) is 6.07 Å². The van der Waals surface area contributed by atoms with Crippen LogP contribution >= 0.6 is 0 Å². The molecular formula is C16H20F2N2O4. The Hall–Kier alpha value is -2.22. The number of alkyl halides is 2. The summed E-state index contributed by atoms with van der Waals surface area (Å²) in [5.74, 6) is -1.11. The average Bonchev–Trinajstić information content (AvgIpc) is 3.01. The molecule has 2 unspecified atom stereocenters. The zero-order valence-electron chi connectivity index (χ0n) is 13.2. The van der Waals surface area contributed by atoms with Crippen LogP contribution in [0, 0.1) is 0 Å². The predicted molar refractivity (Wildman–Crippen MR) is 81.8 cm³/mol. The molecular weight excluding hydrogens is 322 g/mol. The van der Waals surface area contributed by atoms with Gasteiger partial charge in [0.25, 0.3) is 5.91 Å². The van der Waals surface area contributed by atoms with Crippen LogP contribution in [0.15, 0.2) is 24.3 Å². The minimum absolute atomic E-state index is 0.00646. The summed E-state index contributed by atoms with van der Waals surface area (Å²) in [6.45, 7) is -1.06. The molecule has 1 aliphatic rings. The van der Waals surface area contributed by atoms with Gasteiger partial charge in [-0.1, -0.05) is 12.1 Å². The number of nitrogens with zero attached hydrogens (tertiary/aromatic N) is 1. The van der Waals surface area contributed by atoms with Crippen LogP contribution in [0.4, 0.5) is 8.78 Å². The molecule has 132 valence electrons. The summed E-state index contributed by atoms with van der Waals surface area (Å²) in [5, 5.41) is 11.8. The summed E-state index contributed by atoms with van der Waals surface area (Å²) in [5.41, 5.74) is -0.00646. The molecule has 1 heterocycles. The van der Waals surface area contributed by atoms with Crippen LogP contribution in [0.5, 0.6) is 5.75 Å². The summed E-state index contributed by atoms with van der Waals surface area (Å²) in [4.78, 5) is 26.2. The monoisotopic (exact) mass is 342 g/mol. The molecule has 2 N–H and O–H groups in total. The van der Waals surface area contributed by atoms with Crippen molar-refractivity contribution in [2.24, 2.45) is 0 Å². The Balaban J connectivity index is 2.15. The first-order chi connectivity index (χ1) is 11.4. The number of carbonyl (C=O) groups excluding carboxylic acids is 2. The number of aliphatic hydroxyl groups is 1. The van der Waals surface area contributed by atoms with Crippen LogP contribution in [0.1, 0.15) is 30.1 Å². The lowest BCUT2D eigenvalue weighted by Gasteiger charge is -2.25. The number of hydrogen-bond acceptors (Lipinski definition) is 4. The van der Waals surface area contributed by atoms with Crippen molar-refractivity contribution in [1.29, 1.82) is 0 Å². The van der Waals surface area contributed by atoms with Crippen molar-refractivity contribution in [2.75, 3.05) is 13.1 Å². The summed E-state index contributed by atoms with van der Waals surface area (Å²) < 4.78 is 29.4. The van der Waals surface area contributed by atoms with Crippen molar-refractivity contribution in [1.82, 2.24) is 10.2 Å². The zero-order valence-corrected chi connectivity index (χ0v) is 13.2. The van der Waals surface area contributed by atoms with Gasteiger partial charge in [-0.2, -0.15) is 8.78 Å². The zero-order chi connectivity index (χ0) is 17.7. The van der Waals surface area contributed by atoms with E-state index in [1.165, 1.54) is 30.0 Å². The molecule has 0 radical (unpaired) electrons. The molecule has 0 bridgehead atoms. The molecule has 2 amide bonds. The molecule has 0 saturated carbocycles. The molecule has 0 spiro atoms. The Morgan fingerprint density at radius 1 is 1.42 bits per heavy atom. The predicted octanol–water partition coefficient (Wildman–Crippen LogP) is 1.39. The highest BCUT2D eigenvalue weighted by atomic mass is 19.3. The van der Waals surface area contributed by atoms with Gasteiger partial charge < -0.3 is 20.1 Å². The van der Waals surface area contributed by atoms with Gasteiger partial charge in [0.05, 0.1) is 11.7 Å². The number of benzene rings is 1. The maximum absolute atomic E-state index is 12.7. The highest BCUT2D eigenvalue weighted by Crippen LogP contribution is 2.26. The van der Waals surface area contributed by atoms with E-state index in [-0.39, 0.29) is 23.8 Å². The quantitative estimate of drug-likeness (QED) is 0.819. The fourth-order valence-electron chi connectivity index (χ4n) is 2.65. The minimum Gasteiger partial charge on any atom is -0.434 e. The first kappa shape index (κ1) is 18.1. The summed E-state index contributed by atoms with van der Waals surface area (Å²) in [7, 11) is 0. The molecule has 1 aromatic rings. The first-order valence-electron chi connectivity index (χ1n) is 7.70. The van der Waals surface area contributed by atoms with Gasteiger partial charge in [-0.05, 0) is 31.9 Å². The number of nitrogens with one attached hydrogen (secondary N) is 1. The Morgan fingerprint density at radius 3 is 2.79 bits per heavy atom. The number of ether oxygens (including phenoxy) is 1. The van der Waals surface area contributed by atoms with E-state index < -0.39 is 24.7 Å². The molecule has 0 aliphatic carbocycles. The first-order valence-corrected chi connectivity index (χ1v) is 7.70. The number of para-hydroxylation sites is 1. The Kier molecular flexibility index (Phi) is 6.08. The molecule has 1 saturated heterocycles. The van der Waals surface area contributed by atoms with E-state index >= 15 is 0 Å². The lowest BCUT2D eigenvalue weighted by Crippen LogP contribution is -2.47. The molecule has 6 nitrogen and oxygen atoms in total. The van der Waals surface area contributed by atoms with Crippen molar-refractivity contribution < 1.29 is 28.2 Å². The van der Waals surface area contributed by atoms with E-state index in [0.717, 1.165) is 0 Å². The standard InChI is InChI=1S/C16H20F2N2O4/c1-10(21)9-19-14(22)12-6-4-8-20(12)15(23)11-5-2-3-7-13(11)24-16(17)18/h2-3,5,7,10,12,16,21H,4,6,8-9H2,1H3,(H,19,22). The second-order valence-electron chi connectivity index (χ2n) is 5.63. The van der Waals surface area contributed by atoms with Crippen molar-refractivity contribution >= 4 is 11.8 Å². The Bertz CT molecular complexity index is 595. The van der Waals surface area contributed by atoms with Gasteiger partial charge in [0.2, 0.25) is 5.91 Å². The average molecular weight is 342 g/mol. The van der Waals surface area contributed by atoms with Crippen LogP contribution in [0.2, 0.25) is 0 Å². The molecule has 2 rings (SSSR count). The second-order valence-corrected chi connectivity index (χ2v) is 5.63. The highest BCUT2D eigenvalue weighted by Gasteiger charge is 2.35. The van der Waals surface area contributed by atoms with Crippen LogP contribution in [0.3, 0.4) is 0 Å². The maximum Gasteiger partial charge on any atom is 0.387 e. The molecule has 1 aliphatic heterocycles. The molecule has 1 fully saturated rings. The SMILES string of the molecule is CC(O)CNC(=O)C1CCCN1C(=O)c1ccccc1OC(F)F. The number of likely N-dealkylation sites (tertiary alicyclic amines) is 1. The smallest absolute Gasteiger partial charge is 0.387 e. The van der Waals surface area contributed by atoms with Crippen molar-refractivity contribution in [3.8, 4) is 5.75 Å². The van der Waals surface area contributed by atoms with Gasteiger partial charge in [0.15, 0.2) is 0 Å². The van der Waals surface area contributed by atoms with Crippen LogP contribution in [0.25, 0.3) is 0 Å². The topological polar surface area (TPSA) is 78.9 Å². The summed E-state index contributed by atoms with van der Waals surface area (Å²) in [6, 6.07) is 5.03. The number of carbonyl (C=O) groups is 2. The normalized spacial score (nSPS) is 18.5. The van der Waals surface area contributed by atoms with E-state index in [1.807, 2.05) is 0 Å². The summed E-state index contributed by atoms with van der Waals surface area (Å²) >= 11 is 0. The second kappa shape index (κ2) is 8.05. The minimum atomic E-state index is -3.04. The van der Waals surface area contributed by atoms with E-state index in [9.17, 15) is 23.5 Å². The van der Waals surface area contributed by atoms with Crippen LogP contribution < -0.4 is 10.1 Å². The third-order valence-corrected chi connectivity index (χ3v) is 3.72. The lowest BCUT2D eigenvalue weighted by atomic mass is 10.1. The number of amides is 2. The number of hydrogen-bond donors (Lipinski definition) is 2. The van der Waals surface area contributed by atoms with Gasteiger partial charge in [-0.3, -0.25) is 9.59 Å². The lowest BCUT2D eigenvalue weighted by molar-refractivity contribution is -0.125. The van der Waals surface area contributed by atoms with Gasteiger partial charge in [0.1, 0.15) is 11.8 Å². The van der Waals surface area contributed by atoms with Crippen molar-refractivity contribution in [3.05, 3.63) is 29.8 Å². The van der Waals surface area contributed by atoms with Crippen molar-refractivity contribution in [3.63, 3.8) is 0 Å². The Labute approximate surface area is 138 Å². The third kappa shape index (κ3) is 4.41. The number of rotatable bonds is 6. The maximum atomic E-state index is 12.7. The van der Waals surface area contributed by atoms with E-state index in [4.69, 9.17) is 0 Å². The number of halogens is 2. The van der Waals surface area contributed by atoms with Crippen LogP contribution in [-0.2, 0) is 4.79 Å². The van der Waals surface area contributed by atoms with E-state index in [0.29, 0.717) is 19.4 Å². The summed E-state index contributed by atoms with van der Waals surface area (Å²) in [6.07, 6.45) is 0.422. The third-order valence-electron chi connectivity index (χ3n) is 3.72. The van der Waals surface area contributed by atoms with Gasteiger partial charge in [0, 0.05) is 13.1 Å². The van der Waals surface area contributed by atoms with E-state index in [2.05, 4.69) is 10.1 Å². The van der Waals surface area contributed by atoms with Gasteiger partial charge in [-0.15, -0.1) is 0 Å². The number of aliphatic hydroxyl groups excluding tert-OH is 1. The fraction of sp³-hybridized carbons (Fsp3) is 0.500. The Morgan fingerprint density at radius 2 is 2.12 bits per heavy atom. The van der Waals surface area contributed by atoms with Crippen molar-refractivity contribution in [2.45, 2.75) is 38.5 Å². The van der Waals surface area contributed by atoms with Crippen LogP contribution in [-0.4, -0.2) is 53.7 Å². The highest BCUT2D eigenvalue weighted by molar-refractivity contribution is 6.00. The molecule has 0 aromatic heterocycles. The molecule has 2 atom stereocenters. The largest absolute Gasteiger partial charge is 0.434 e. The molecule has 1 aromatic carbocycles.